The van der Waals surface area contributed by atoms with Crippen molar-refractivity contribution in [3.8, 4) is 0 Å². The maximum absolute atomic E-state index is 12.1. The minimum atomic E-state index is -0.893. The molecule has 0 spiro atoms. The Kier molecular flexibility index (Phi) is 6.80. The number of aliphatic carboxylic acids is 1. The minimum absolute atomic E-state index is 0.0500. The lowest BCUT2D eigenvalue weighted by atomic mass is 10.1. The van der Waals surface area contributed by atoms with Crippen LogP contribution in [0.15, 0.2) is 0 Å². The zero-order chi connectivity index (χ0) is 14.3. The van der Waals surface area contributed by atoms with Crippen LogP contribution in [0.2, 0.25) is 0 Å². The van der Waals surface area contributed by atoms with Crippen molar-refractivity contribution in [2.45, 2.75) is 45.2 Å². The average Bonchev–Trinajstić information content (AvgIpc) is 2.43. The molecular weight excluding hydrogens is 248 g/mol. The zero-order valence-corrected chi connectivity index (χ0v) is 11.7. The molecule has 6 heteroatoms. The molecule has 19 heavy (non-hydrogen) atoms. The molecule has 0 aromatic heterocycles. The molecule has 2 N–H and O–H groups in total. The number of carboxylic acids is 1. The van der Waals surface area contributed by atoms with Gasteiger partial charge in [-0.05, 0) is 13.3 Å². The molecule has 1 amide bonds. The van der Waals surface area contributed by atoms with E-state index in [1.807, 2.05) is 6.92 Å². The fourth-order valence-corrected chi connectivity index (χ4v) is 2.12. The molecule has 0 radical (unpaired) electrons. The Bertz CT molecular complexity index is 303. The van der Waals surface area contributed by atoms with Gasteiger partial charge in [0.15, 0.2) is 0 Å². The van der Waals surface area contributed by atoms with Crippen LogP contribution in [0.4, 0.5) is 0 Å². The zero-order valence-electron chi connectivity index (χ0n) is 11.7. The molecule has 0 aromatic carbocycles. The quantitative estimate of drug-likeness (QED) is 0.704. The fraction of sp³-hybridized carbons (Fsp3) is 0.846. The van der Waals surface area contributed by atoms with Gasteiger partial charge in [-0.3, -0.25) is 14.9 Å². The first-order valence-electron chi connectivity index (χ1n) is 6.91. The van der Waals surface area contributed by atoms with E-state index < -0.39 is 18.1 Å². The lowest BCUT2D eigenvalue weighted by molar-refractivity contribution is -0.141. The van der Waals surface area contributed by atoms with Gasteiger partial charge in [-0.25, -0.2) is 0 Å². The average molecular weight is 272 g/mol. The molecule has 1 saturated heterocycles. The second-order valence-electron chi connectivity index (χ2n) is 4.86. The van der Waals surface area contributed by atoms with Crippen LogP contribution >= 0.6 is 0 Å². The van der Waals surface area contributed by atoms with Gasteiger partial charge in [0.05, 0.1) is 19.3 Å². The monoisotopic (exact) mass is 272 g/mol. The van der Waals surface area contributed by atoms with E-state index >= 15 is 0 Å². The van der Waals surface area contributed by atoms with Gasteiger partial charge in [0.25, 0.3) is 0 Å². The molecule has 1 aliphatic rings. The van der Waals surface area contributed by atoms with E-state index in [4.69, 9.17) is 9.84 Å². The van der Waals surface area contributed by atoms with Crippen LogP contribution in [-0.4, -0.2) is 60.3 Å². The molecule has 1 aliphatic heterocycles. The fourth-order valence-electron chi connectivity index (χ4n) is 2.12. The molecule has 1 fully saturated rings. The van der Waals surface area contributed by atoms with Crippen molar-refractivity contribution >= 4 is 11.9 Å². The standard InChI is InChI=1S/C13H24N2O4/c1-3-4-5-11(13(17)18)14-10(2)12(16)15-6-8-19-9-7-15/h10-11,14H,3-9H2,1-2H3,(H,17,18). The number of hydrogen-bond donors (Lipinski definition) is 2. The normalized spacial score (nSPS) is 18.9. The Morgan fingerprint density at radius 2 is 2.00 bits per heavy atom. The van der Waals surface area contributed by atoms with Crippen LogP contribution in [0, 0.1) is 0 Å². The molecule has 2 unspecified atom stereocenters. The minimum Gasteiger partial charge on any atom is -0.480 e. The SMILES string of the molecule is CCCCC(NC(C)C(=O)N1CCOCC1)C(=O)O. The number of ether oxygens (including phenoxy) is 1. The molecule has 1 heterocycles. The third kappa shape index (κ3) is 5.16. The first kappa shape index (κ1) is 15.9. The molecule has 110 valence electrons. The van der Waals surface area contributed by atoms with Gasteiger partial charge < -0.3 is 14.7 Å². The van der Waals surface area contributed by atoms with Crippen LogP contribution < -0.4 is 5.32 Å². The summed E-state index contributed by atoms with van der Waals surface area (Å²) in [6.07, 6.45) is 2.33. The van der Waals surface area contributed by atoms with Gasteiger partial charge in [0, 0.05) is 13.1 Å². The summed E-state index contributed by atoms with van der Waals surface area (Å²) in [7, 11) is 0. The van der Waals surface area contributed by atoms with Crippen LogP contribution in [0.1, 0.15) is 33.1 Å². The predicted octanol–water partition coefficient (Wildman–Crippen LogP) is 0.467. The summed E-state index contributed by atoms with van der Waals surface area (Å²) in [4.78, 5) is 25.0. The third-order valence-corrected chi connectivity index (χ3v) is 3.29. The molecule has 2 atom stereocenters. The lowest BCUT2D eigenvalue weighted by Crippen LogP contribution is -2.53. The summed E-state index contributed by atoms with van der Waals surface area (Å²) in [5.41, 5.74) is 0. The molecule has 6 nitrogen and oxygen atoms in total. The number of carbonyl (C=O) groups excluding carboxylic acids is 1. The lowest BCUT2D eigenvalue weighted by Gasteiger charge is -2.30. The topological polar surface area (TPSA) is 78.9 Å². The Labute approximate surface area is 114 Å². The van der Waals surface area contributed by atoms with Crippen LogP contribution in [0.3, 0.4) is 0 Å². The van der Waals surface area contributed by atoms with Gasteiger partial charge in [-0.2, -0.15) is 0 Å². The molecule has 0 aliphatic carbocycles. The number of nitrogens with zero attached hydrogens (tertiary/aromatic N) is 1. The van der Waals surface area contributed by atoms with Crippen molar-refractivity contribution in [1.29, 1.82) is 0 Å². The van der Waals surface area contributed by atoms with E-state index in [0.29, 0.717) is 32.7 Å². The number of carboxylic acid groups (broad SMARTS) is 1. The van der Waals surface area contributed by atoms with Crippen molar-refractivity contribution in [1.82, 2.24) is 10.2 Å². The molecular formula is C13H24N2O4. The van der Waals surface area contributed by atoms with Crippen molar-refractivity contribution < 1.29 is 19.4 Å². The number of nitrogens with one attached hydrogen (secondary N) is 1. The second-order valence-corrected chi connectivity index (χ2v) is 4.86. The highest BCUT2D eigenvalue weighted by Gasteiger charge is 2.26. The summed E-state index contributed by atoms with van der Waals surface area (Å²) < 4.78 is 5.19. The number of morpholine rings is 1. The van der Waals surface area contributed by atoms with Gasteiger partial charge in [-0.1, -0.05) is 19.8 Å². The molecule has 0 bridgehead atoms. The van der Waals surface area contributed by atoms with Gasteiger partial charge in [0.2, 0.25) is 5.91 Å². The summed E-state index contributed by atoms with van der Waals surface area (Å²) in [5, 5.41) is 12.1. The van der Waals surface area contributed by atoms with E-state index in [-0.39, 0.29) is 5.91 Å². The van der Waals surface area contributed by atoms with E-state index in [1.165, 1.54) is 0 Å². The Balaban J connectivity index is 2.47. The molecule has 1 rings (SSSR count). The van der Waals surface area contributed by atoms with Crippen molar-refractivity contribution in [2.75, 3.05) is 26.3 Å². The Morgan fingerprint density at radius 3 is 2.53 bits per heavy atom. The Hall–Kier alpha value is -1.14. The van der Waals surface area contributed by atoms with Gasteiger partial charge in [0.1, 0.15) is 6.04 Å². The molecule has 0 aromatic rings. The van der Waals surface area contributed by atoms with E-state index in [0.717, 1.165) is 12.8 Å². The number of amides is 1. The van der Waals surface area contributed by atoms with Crippen molar-refractivity contribution in [3.63, 3.8) is 0 Å². The highest BCUT2D eigenvalue weighted by molar-refractivity contribution is 5.83. The maximum atomic E-state index is 12.1. The van der Waals surface area contributed by atoms with Gasteiger partial charge in [-0.15, -0.1) is 0 Å². The smallest absolute Gasteiger partial charge is 0.320 e. The van der Waals surface area contributed by atoms with Crippen molar-refractivity contribution in [2.24, 2.45) is 0 Å². The number of unbranched alkanes of at least 4 members (excludes halogenated alkanes) is 1. The van der Waals surface area contributed by atoms with Crippen LogP contribution in [0.5, 0.6) is 0 Å². The summed E-state index contributed by atoms with van der Waals surface area (Å²) in [6.45, 7) is 6.00. The molecule has 0 saturated carbocycles. The van der Waals surface area contributed by atoms with E-state index in [9.17, 15) is 9.59 Å². The number of hydrogen-bond acceptors (Lipinski definition) is 4. The maximum Gasteiger partial charge on any atom is 0.320 e. The second kappa shape index (κ2) is 8.12. The van der Waals surface area contributed by atoms with E-state index in [1.54, 1.807) is 11.8 Å². The Morgan fingerprint density at radius 1 is 1.37 bits per heavy atom. The number of rotatable bonds is 7. The van der Waals surface area contributed by atoms with Crippen LogP contribution in [0.25, 0.3) is 0 Å². The summed E-state index contributed by atoms with van der Waals surface area (Å²) in [6, 6.07) is -1.13. The predicted molar refractivity (Wildman–Crippen MR) is 70.9 cm³/mol. The third-order valence-electron chi connectivity index (χ3n) is 3.29. The largest absolute Gasteiger partial charge is 0.480 e. The van der Waals surface area contributed by atoms with E-state index in [2.05, 4.69) is 5.32 Å². The van der Waals surface area contributed by atoms with Crippen molar-refractivity contribution in [3.05, 3.63) is 0 Å². The summed E-state index contributed by atoms with van der Waals surface area (Å²) >= 11 is 0. The highest BCUT2D eigenvalue weighted by atomic mass is 16.5. The highest BCUT2D eigenvalue weighted by Crippen LogP contribution is 2.05. The first-order valence-corrected chi connectivity index (χ1v) is 6.91. The first-order chi connectivity index (χ1) is 9.06. The number of carbonyl (C=O) groups is 2. The van der Waals surface area contributed by atoms with Gasteiger partial charge >= 0.3 is 5.97 Å². The van der Waals surface area contributed by atoms with Crippen LogP contribution in [-0.2, 0) is 14.3 Å². The summed E-state index contributed by atoms with van der Waals surface area (Å²) in [5.74, 6) is -0.943.